The molecule has 0 aliphatic carbocycles. The second kappa shape index (κ2) is 10.8. The summed E-state index contributed by atoms with van der Waals surface area (Å²) in [4.78, 5) is 34.9. The first-order valence-corrected chi connectivity index (χ1v) is 9.01. The Balaban J connectivity index is 1.95. The van der Waals surface area contributed by atoms with Crippen LogP contribution in [0, 0.1) is 0 Å². The van der Waals surface area contributed by atoms with Gasteiger partial charge in [0.1, 0.15) is 5.75 Å². The summed E-state index contributed by atoms with van der Waals surface area (Å²) in [6.07, 6.45) is -3.31. The maximum atomic E-state index is 12.8. The molecule has 2 aromatic rings. The monoisotopic (exact) mass is 436 g/mol. The largest absolute Gasteiger partial charge is 0.483 e. The molecule has 8 nitrogen and oxygen atoms in total. The van der Waals surface area contributed by atoms with Gasteiger partial charge < -0.3 is 15.4 Å². The first-order valence-electron chi connectivity index (χ1n) is 9.01. The number of carbonyl (C=O) groups is 3. The van der Waals surface area contributed by atoms with Gasteiger partial charge in [-0.1, -0.05) is 18.2 Å². The molecule has 164 valence electrons. The molecule has 31 heavy (non-hydrogen) atoms. The third-order valence-electron chi connectivity index (χ3n) is 3.66. The smallest absolute Gasteiger partial charge is 0.416 e. The van der Waals surface area contributed by atoms with Crippen LogP contribution in [-0.4, -0.2) is 37.1 Å². The van der Waals surface area contributed by atoms with E-state index < -0.39 is 36.1 Å². The van der Waals surface area contributed by atoms with Crippen LogP contribution in [0.25, 0.3) is 0 Å². The van der Waals surface area contributed by atoms with Crippen LogP contribution in [0.15, 0.2) is 53.6 Å². The molecule has 0 fully saturated rings. The van der Waals surface area contributed by atoms with E-state index in [4.69, 9.17) is 4.74 Å². The zero-order valence-electron chi connectivity index (χ0n) is 16.3. The number of benzene rings is 2. The van der Waals surface area contributed by atoms with Crippen molar-refractivity contribution in [2.24, 2.45) is 5.10 Å². The van der Waals surface area contributed by atoms with Crippen molar-refractivity contribution in [2.45, 2.75) is 13.1 Å². The average molecular weight is 436 g/mol. The average Bonchev–Trinajstić information content (AvgIpc) is 2.72. The van der Waals surface area contributed by atoms with Gasteiger partial charge in [0.2, 0.25) is 0 Å². The minimum absolute atomic E-state index is 0.0219. The summed E-state index contributed by atoms with van der Waals surface area (Å²) in [7, 11) is 0. The molecule has 0 aliphatic heterocycles. The van der Waals surface area contributed by atoms with E-state index in [0.717, 1.165) is 12.1 Å². The maximum Gasteiger partial charge on any atom is 0.416 e. The van der Waals surface area contributed by atoms with Crippen molar-refractivity contribution in [1.82, 2.24) is 10.7 Å². The minimum atomic E-state index is -4.53. The number of amides is 3. The van der Waals surface area contributed by atoms with E-state index in [1.165, 1.54) is 24.4 Å². The number of nitrogens with zero attached hydrogens (tertiary/aromatic N) is 1. The molecule has 0 radical (unpaired) electrons. The van der Waals surface area contributed by atoms with E-state index in [1.54, 1.807) is 25.1 Å². The van der Waals surface area contributed by atoms with E-state index >= 15 is 0 Å². The van der Waals surface area contributed by atoms with E-state index in [1.807, 2.05) is 5.43 Å². The Hall–Kier alpha value is -3.89. The molecular weight excluding hydrogens is 417 g/mol. The lowest BCUT2D eigenvalue weighted by molar-refractivity contribution is -0.139. The summed E-state index contributed by atoms with van der Waals surface area (Å²) in [5.41, 5.74) is 1.54. The third-order valence-corrected chi connectivity index (χ3v) is 3.66. The van der Waals surface area contributed by atoms with Crippen molar-refractivity contribution in [3.8, 4) is 5.75 Å². The first kappa shape index (κ1) is 23.4. The number of nitrogens with one attached hydrogen (secondary N) is 3. The molecule has 0 atom stereocenters. The highest BCUT2D eigenvalue weighted by Gasteiger charge is 2.30. The van der Waals surface area contributed by atoms with Crippen molar-refractivity contribution in [3.05, 3.63) is 59.7 Å². The number of para-hydroxylation sites is 1. The second-order valence-electron chi connectivity index (χ2n) is 6.01. The van der Waals surface area contributed by atoms with Crippen LogP contribution in [0.2, 0.25) is 0 Å². The highest BCUT2D eigenvalue weighted by atomic mass is 19.4. The van der Waals surface area contributed by atoms with Crippen LogP contribution < -0.4 is 20.8 Å². The number of rotatable bonds is 7. The SMILES string of the molecule is CCNC(=O)C(=O)N/N=C\c1ccccc1OCC(=O)Nc1cccc(C(F)(F)F)c1. The van der Waals surface area contributed by atoms with Crippen molar-refractivity contribution in [3.63, 3.8) is 0 Å². The van der Waals surface area contributed by atoms with Gasteiger partial charge in [-0.3, -0.25) is 14.4 Å². The van der Waals surface area contributed by atoms with Gasteiger partial charge in [0.15, 0.2) is 6.61 Å². The topological polar surface area (TPSA) is 109 Å². The van der Waals surface area contributed by atoms with E-state index in [9.17, 15) is 27.6 Å². The number of hydrogen-bond donors (Lipinski definition) is 3. The molecule has 2 rings (SSSR count). The van der Waals surface area contributed by atoms with Gasteiger partial charge in [0, 0.05) is 17.8 Å². The maximum absolute atomic E-state index is 12.8. The molecule has 0 heterocycles. The Labute approximate surface area is 175 Å². The normalized spacial score (nSPS) is 11.1. The summed E-state index contributed by atoms with van der Waals surface area (Å²) < 4.78 is 43.7. The van der Waals surface area contributed by atoms with Gasteiger partial charge in [0.25, 0.3) is 5.91 Å². The molecule has 0 bridgehead atoms. The standard InChI is InChI=1S/C20H19F3N4O4/c1-2-24-18(29)19(30)27-25-11-13-6-3-4-9-16(13)31-12-17(28)26-15-8-5-7-14(10-15)20(21,22)23/h3-11H,2,12H2,1H3,(H,24,29)(H,26,28)(H,27,30)/b25-11-. The number of hydrazone groups is 1. The van der Waals surface area contributed by atoms with Crippen molar-refractivity contribution in [2.75, 3.05) is 18.5 Å². The van der Waals surface area contributed by atoms with Crippen LogP contribution in [-0.2, 0) is 20.6 Å². The van der Waals surface area contributed by atoms with Crippen LogP contribution in [0.4, 0.5) is 18.9 Å². The summed E-state index contributed by atoms with van der Waals surface area (Å²) in [5, 5.41) is 8.30. The second-order valence-corrected chi connectivity index (χ2v) is 6.01. The van der Waals surface area contributed by atoms with Crippen molar-refractivity contribution in [1.29, 1.82) is 0 Å². The Morgan fingerprint density at radius 3 is 2.52 bits per heavy atom. The molecule has 11 heteroatoms. The van der Waals surface area contributed by atoms with Crippen molar-refractivity contribution < 1.29 is 32.3 Å². The molecule has 0 unspecified atom stereocenters. The molecule has 3 N–H and O–H groups in total. The van der Waals surface area contributed by atoms with Gasteiger partial charge in [-0.2, -0.15) is 18.3 Å². The predicted octanol–water partition coefficient (Wildman–Crippen LogP) is 2.31. The van der Waals surface area contributed by atoms with Crippen LogP contribution in [0.3, 0.4) is 0 Å². The van der Waals surface area contributed by atoms with Gasteiger partial charge >= 0.3 is 18.0 Å². The fourth-order valence-electron chi connectivity index (χ4n) is 2.28. The van der Waals surface area contributed by atoms with Gasteiger partial charge in [-0.25, -0.2) is 5.43 Å². The quantitative estimate of drug-likeness (QED) is 0.352. The Morgan fingerprint density at radius 1 is 1.06 bits per heavy atom. The fourth-order valence-corrected chi connectivity index (χ4v) is 2.28. The molecule has 0 saturated carbocycles. The molecule has 2 aromatic carbocycles. The Morgan fingerprint density at radius 2 is 1.81 bits per heavy atom. The number of halogens is 3. The highest BCUT2D eigenvalue weighted by molar-refractivity contribution is 6.35. The predicted molar refractivity (Wildman–Crippen MR) is 106 cm³/mol. The van der Waals surface area contributed by atoms with Crippen LogP contribution in [0.5, 0.6) is 5.75 Å². The van der Waals surface area contributed by atoms with E-state index in [2.05, 4.69) is 15.7 Å². The number of hydrogen-bond acceptors (Lipinski definition) is 5. The summed E-state index contributed by atoms with van der Waals surface area (Å²) in [6.45, 7) is 1.47. The molecule has 0 spiro atoms. The first-order chi connectivity index (χ1) is 14.7. The van der Waals surface area contributed by atoms with Gasteiger partial charge in [0.05, 0.1) is 11.8 Å². The fraction of sp³-hybridized carbons (Fsp3) is 0.200. The highest BCUT2D eigenvalue weighted by Crippen LogP contribution is 2.30. The summed E-state index contributed by atoms with van der Waals surface area (Å²) in [5.74, 6) is -2.22. The van der Waals surface area contributed by atoms with Crippen molar-refractivity contribution >= 4 is 29.6 Å². The number of likely N-dealkylation sites (N-methyl/N-ethyl adjacent to an activating group) is 1. The van der Waals surface area contributed by atoms with Gasteiger partial charge in [-0.05, 0) is 37.3 Å². The summed E-state index contributed by atoms with van der Waals surface area (Å²) in [6, 6.07) is 10.6. The van der Waals surface area contributed by atoms with Crippen LogP contribution in [0.1, 0.15) is 18.1 Å². The summed E-state index contributed by atoms with van der Waals surface area (Å²) >= 11 is 0. The lowest BCUT2D eigenvalue weighted by Gasteiger charge is -2.11. The zero-order valence-corrected chi connectivity index (χ0v) is 16.3. The number of carbonyl (C=O) groups excluding carboxylic acids is 3. The molecule has 3 amide bonds. The number of ether oxygens (including phenoxy) is 1. The third kappa shape index (κ3) is 7.46. The number of anilines is 1. The molecule has 0 aromatic heterocycles. The van der Waals surface area contributed by atoms with Gasteiger partial charge in [-0.15, -0.1) is 0 Å². The minimum Gasteiger partial charge on any atom is -0.483 e. The number of alkyl halides is 3. The van der Waals surface area contributed by atoms with Crippen LogP contribution >= 0.6 is 0 Å². The Kier molecular flexibility index (Phi) is 8.12. The molecule has 0 aliphatic rings. The van der Waals surface area contributed by atoms with E-state index in [-0.39, 0.29) is 18.0 Å². The van der Waals surface area contributed by atoms with E-state index in [0.29, 0.717) is 5.56 Å². The molecule has 0 saturated heterocycles. The Bertz CT molecular complexity index is 977. The zero-order chi connectivity index (χ0) is 22.9. The lowest BCUT2D eigenvalue weighted by Crippen LogP contribution is -2.37. The lowest BCUT2D eigenvalue weighted by atomic mass is 10.2. The molecular formula is C20H19F3N4O4.